The minimum Gasteiger partial charge on any atom is -0.480 e. The fraction of sp³-hybridized carbons (Fsp3) is 0.333. The summed E-state index contributed by atoms with van der Waals surface area (Å²) >= 11 is 0. The third-order valence-corrected chi connectivity index (χ3v) is 1.25. The quantitative estimate of drug-likeness (QED) is 0.565. The number of aliphatic carboxylic acids is 1. The molecule has 6 nitrogen and oxygen atoms in total. The van der Waals surface area contributed by atoms with Gasteiger partial charge in [0.2, 0.25) is 0 Å². The lowest BCUT2D eigenvalue weighted by molar-refractivity contribution is -0.143. The normalized spacial score (nSPS) is 15.8. The van der Waals surface area contributed by atoms with Crippen LogP contribution in [-0.4, -0.2) is 34.4 Å². The maximum Gasteiger partial charge on any atom is 0.327 e. The maximum atomic E-state index is 10.9. The molecular weight excluding hydrogens is 162 g/mol. The predicted molar refractivity (Wildman–Crippen MR) is 38.0 cm³/mol. The monoisotopic (exact) mass is 167 g/mol. The van der Waals surface area contributed by atoms with Gasteiger partial charge in [-0.3, -0.25) is 9.59 Å². The summed E-state index contributed by atoms with van der Waals surface area (Å²) < 4.78 is 0. The molecule has 0 aromatic carbocycles. The van der Waals surface area contributed by atoms with E-state index in [4.69, 9.17) is 11.7 Å². The number of amides is 1. The summed E-state index contributed by atoms with van der Waals surface area (Å²) in [6.07, 6.45) is -0.0865. The zero-order valence-corrected chi connectivity index (χ0v) is 6.02. The molecule has 1 aliphatic rings. The van der Waals surface area contributed by atoms with Crippen molar-refractivity contribution < 1.29 is 14.7 Å². The number of carboxylic acids is 1. The van der Waals surface area contributed by atoms with Gasteiger partial charge in [-0.15, -0.1) is 5.01 Å². The van der Waals surface area contributed by atoms with Gasteiger partial charge in [0.05, 0.1) is 6.42 Å². The van der Waals surface area contributed by atoms with Crippen LogP contribution in [0.1, 0.15) is 6.42 Å². The lowest BCUT2D eigenvalue weighted by atomic mass is 10.4. The van der Waals surface area contributed by atoms with E-state index >= 15 is 0 Å². The molecule has 1 N–H and O–H groups in total. The van der Waals surface area contributed by atoms with Crippen molar-refractivity contribution in [2.75, 3.05) is 6.54 Å². The van der Waals surface area contributed by atoms with Gasteiger partial charge in [0.1, 0.15) is 0 Å². The van der Waals surface area contributed by atoms with E-state index < -0.39 is 18.4 Å². The largest absolute Gasteiger partial charge is 0.480 e. The molecule has 0 saturated heterocycles. The first-order valence-electron chi connectivity index (χ1n) is 3.10. The average molecular weight is 167 g/mol. The molecule has 1 amide bonds. The van der Waals surface area contributed by atoms with Crippen molar-refractivity contribution in [3.8, 4) is 0 Å². The molecule has 1 heterocycles. The zero-order valence-electron chi connectivity index (χ0n) is 6.02. The maximum absolute atomic E-state index is 10.9. The molecule has 0 aromatic heterocycles. The highest BCUT2D eigenvalue weighted by Gasteiger charge is 2.28. The molecule has 0 radical (unpaired) electrons. The first-order chi connectivity index (χ1) is 5.63. The molecule has 0 aliphatic carbocycles. The Kier molecular flexibility index (Phi) is 2.05. The first kappa shape index (κ1) is 8.20. The second-order valence-corrected chi connectivity index (χ2v) is 2.15. The molecule has 62 valence electrons. The number of carbonyl (C=O) groups is 2. The van der Waals surface area contributed by atoms with Crippen LogP contribution in [0.15, 0.2) is 5.10 Å². The summed E-state index contributed by atoms with van der Waals surface area (Å²) in [4.78, 5) is 24.0. The summed E-state index contributed by atoms with van der Waals surface area (Å²) in [5, 5.41) is 12.6. The van der Waals surface area contributed by atoms with Gasteiger partial charge < -0.3 is 9.95 Å². The van der Waals surface area contributed by atoms with E-state index in [9.17, 15) is 9.59 Å². The minimum atomic E-state index is -1.14. The Morgan fingerprint density at radius 3 is 2.92 bits per heavy atom. The van der Waals surface area contributed by atoms with Crippen molar-refractivity contribution >= 4 is 17.7 Å². The van der Waals surface area contributed by atoms with E-state index in [1.165, 1.54) is 0 Å². The van der Waals surface area contributed by atoms with Gasteiger partial charge >= 0.3 is 5.97 Å². The summed E-state index contributed by atoms with van der Waals surface area (Å²) in [5.41, 5.74) is 0. The van der Waals surface area contributed by atoms with Crippen molar-refractivity contribution in [1.82, 2.24) is 5.01 Å². The van der Waals surface area contributed by atoms with Crippen LogP contribution in [0.25, 0.3) is 4.85 Å². The van der Waals surface area contributed by atoms with E-state index in [1.54, 1.807) is 0 Å². The molecular formula is C6H5N3O3. The molecule has 0 spiro atoms. The molecule has 0 aromatic rings. The third-order valence-electron chi connectivity index (χ3n) is 1.25. The standard InChI is InChI=1S/C6H5N3O3/c1-7-4-2-5(10)9(8-4)3-6(11)12/h2-3H2,(H,11,12). The van der Waals surface area contributed by atoms with Gasteiger partial charge in [-0.2, -0.15) is 0 Å². The molecule has 12 heavy (non-hydrogen) atoms. The smallest absolute Gasteiger partial charge is 0.327 e. The molecule has 1 aliphatic heterocycles. The van der Waals surface area contributed by atoms with Crippen LogP contribution in [0, 0.1) is 6.57 Å². The highest BCUT2D eigenvalue weighted by molar-refractivity contribution is 6.08. The van der Waals surface area contributed by atoms with Gasteiger partial charge in [0, 0.05) is 0 Å². The molecule has 0 unspecified atom stereocenters. The number of amidine groups is 1. The Bertz CT molecular complexity index is 302. The molecule has 1 rings (SSSR count). The number of hydrogen-bond acceptors (Lipinski definition) is 3. The Morgan fingerprint density at radius 1 is 1.83 bits per heavy atom. The van der Waals surface area contributed by atoms with Gasteiger partial charge in [0.25, 0.3) is 11.7 Å². The van der Waals surface area contributed by atoms with E-state index in [0.717, 1.165) is 5.01 Å². The average Bonchev–Trinajstić information content (AvgIpc) is 2.31. The van der Waals surface area contributed by atoms with Crippen molar-refractivity contribution in [3.63, 3.8) is 0 Å². The topological polar surface area (TPSA) is 74.3 Å². The first-order valence-corrected chi connectivity index (χ1v) is 3.10. The SMILES string of the molecule is [C-]#[N+]C1=NN(CC(=O)O)C(=O)C1. The van der Waals surface area contributed by atoms with Crippen molar-refractivity contribution in [1.29, 1.82) is 0 Å². The molecule has 0 fully saturated rings. The van der Waals surface area contributed by atoms with Crippen LogP contribution >= 0.6 is 0 Å². The lowest BCUT2D eigenvalue weighted by Gasteiger charge is -2.01. The fourth-order valence-corrected chi connectivity index (χ4v) is 0.771. The zero-order chi connectivity index (χ0) is 9.14. The van der Waals surface area contributed by atoms with Crippen molar-refractivity contribution in [2.24, 2.45) is 5.10 Å². The Balaban J connectivity index is 2.68. The Hall–Kier alpha value is -1.90. The molecule has 6 heteroatoms. The Labute approximate surface area is 67.9 Å². The van der Waals surface area contributed by atoms with Crippen LogP contribution in [-0.2, 0) is 9.59 Å². The number of hydrazone groups is 1. The van der Waals surface area contributed by atoms with Crippen LogP contribution in [0.3, 0.4) is 0 Å². The Morgan fingerprint density at radius 2 is 2.50 bits per heavy atom. The molecule has 0 bridgehead atoms. The summed E-state index contributed by atoms with van der Waals surface area (Å²) in [7, 11) is 0. The number of rotatable bonds is 2. The van der Waals surface area contributed by atoms with E-state index in [0.29, 0.717) is 0 Å². The van der Waals surface area contributed by atoms with E-state index in [1.807, 2.05) is 0 Å². The highest BCUT2D eigenvalue weighted by Crippen LogP contribution is 2.07. The number of hydrogen-bond donors (Lipinski definition) is 1. The van der Waals surface area contributed by atoms with Crippen LogP contribution in [0.2, 0.25) is 0 Å². The highest BCUT2D eigenvalue weighted by atomic mass is 16.4. The molecule has 0 atom stereocenters. The van der Waals surface area contributed by atoms with Gasteiger partial charge in [-0.1, -0.05) is 6.57 Å². The third kappa shape index (κ3) is 1.58. The molecule has 0 saturated carbocycles. The van der Waals surface area contributed by atoms with Gasteiger partial charge in [-0.25, -0.2) is 0 Å². The second-order valence-electron chi connectivity index (χ2n) is 2.15. The summed E-state index contributed by atoms with van der Waals surface area (Å²) in [6, 6.07) is 0. The lowest BCUT2D eigenvalue weighted by Crippen LogP contribution is -2.27. The van der Waals surface area contributed by atoms with E-state index in [2.05, 4.69) is 9.95 Å². The van der Waals surface area contributed by atoms with Gasteiger partial charge in [-0.05, 0) is 5.10 Å². The number of carbonyl (C=O) groups excluding carboxylic acids is 1. The van der Waals surface area contributed by atoms with Gasteiger partial charge in [0.15, 0.2) is 6.54 Å². The van der Waals surface area contributed by atoms with Crippen molar-refractivity contribution in [2.45, 2.75) is 6.42 Å². The summed E-state index contributed by atoms with van der Waals surface area (Å²) in [5.74, 6) is -1.54. The van der Waals surface area contributed by atoms with E-state index in [-0.39, 0.29) is 12.3 Å². The van der Waals surface area contributed by atoms with Crippen LogP contribution < -0.4 is 0 Å². The number of carboxylic acid groups (broad SMARTS) is 1. The predicted octanol–water partition coefficient (Wildman–Crippen LogP) is -0.464. The number of nitrogens with zero attached hydrogens (tertiary/aromatic N) is 3. The summed E-state index contributed by atoms with van der Waals surface area (Å²) in [6.45, 7) is 6.06. The fourth-order valence-electron chi connectivity index (χ4n) is 0.771. The van der Waals surface area contributed by atoms with Crippen LogP contribution in [0.4, 0.5) is 0 Å². The van der Waals surface area contributed by atoms with Crippen LogP contribution in [0.5, 0.6) is 0 Å². The second kappa shape index (κ2) is 3.00. The van der Waals surface area contributed by atoms with Crippen molar-refractivity contribution in [3.05, 3.63) is 11.4 Å². The minimum absolute atomic E-state index is 0.0428.